The van der Waals surface area contributed by atoms with Gasteiger partial charge >= 0.3 is 0 Å². The number of para-hydroxylation sites is 1. The van der Waals surface area contributed by atoms with E-state index in [0.717, 1.165) is 0 Å². The molecule has 0 fully saturated rings. The van der Waals surface area contributed by atoms with Crippen LogP contribution in [0.25, 0.3) is 21.8 Å². The average molecular weight is 382 g/mol. The van der Waals surface area contributed by atoms with Crippen molar-refractivity contribution in [3.05, 3.63) is 82.0 Å². The monoisotopic (exact) mass is 381 g/mol. The largest absolute Gasteiger partial charge is 0.335 e. The Balaban J connectivity index is 1.69. The molecule has 4 rings (SSSR count). The average Bonchev–Trinajstić information content (AvgIpc) is 2.65. The molecule has 2 aromatic carbocycles. The predicted octanol–water partition coefficient (Wildman–Crippen LogP) is 3.98. The molecule has 0 unspecified atom stereocenters. The van der Waals surface area contributed by atoms with Crippen LogP contribution < -0.4 is 10.7 Å². The lowest BCUT2D eigenvalue weighted by Gasteiger charge is -2.13. The Kier molecular flexibility index (Phi) is 4.33. The minimum absolute atomic E-state index is 0.0998. The van der Waals surface area contributed by atoms with Crippen LogP contribution in [0.4, 0.5) is 10.1 Å². The highest BCUT2D eigenvalue weighted by Crippen LogP contribution is 2.25. The standard InChI is InChI=1S/C20H13ClFN3O2/c21-12-4-5-16-14(10-12)17(6-8-23-16)24-19(27)11-25-9-7-18(26)13-2-1-3-15(22)20(13)25/h1-10H,11H2,(H,23,24,27). The summed E-state index contributed by atoms with van der Waals surface area (Å²) in [6.07, 6.45) is 3.00. The first-order valence-corrected chi connectivity index (χ1v) is 8.52. The van der Waals surface area contributed by atoms with E-state index < -0.39 is 5.82 Å². The van der Waals surface area contributed by atoms with E-state index in [1.807, 2.05) is 0 Å². The number of fused-ring (bicyclic) bond motifs is 2. The predicted molar refractivity (Wildman–Crippen MR) is 104 cm³/mol. The molecule has 1 N–H and O–H groups in total. The van der Waals surface area contributed by atoms with Crippen molar-refractivity contribution in [2.24, 2.45) is 0 Å². The van der Waals surface area contributed by atoms with E-state index >= 15 is 0 Å². The molecule has 1 amide bonds. The molecule has 0 spiro atoms. The van der Waals surface area contributed by atoms with Crippen molar-refractivity contribution in [2.45, 2.75) is 6.54 Å². The van der Waals surface area contributed by atoms with E-state index in [-0.39, 0.29) is 28.8 Å². The van der Waals surface area contributed by atoms with Gasteiger partial charge in [-0.1, -0.05) is 17.7 Å². The zero-order chi connectivity index (χ0) is 19.0. The van der Waals surface area contributed by atoms with Crippen LogP contribution in [-0.4, -0.2) is 15.5 Å². The maximum absolute atomic E-state index is 14.2. The van der Waals surface area contributed by atoms with Crippen LogP contribution in [-0.2, 0) is 11.3 Å². The van der Waals surface area contributed by atoms with Crippen LogP contribution in [0.1, 0.15) is 0 Å². The van der Waals surface area contributed by atoms with Crippen LogP contribution in [0.15, 0.2) is 65.7 Å². The molecule has 0 aliphatic rings. The van der Waals surface area contributed by atoms with Crippen molar-refractivity contribution >= 4 is 45.0 Å². The Bertz CT molecular complexity index is 1250. The van der Waals surface area contributed by atoms with Gasteiger partial charge in [0, 0.05) is 34.3 Å². The van der Waals surface area contributed by atoms with Crippen molar-refractivity contribution in [3.63, 3.8) is 0 Å². The first-order chi connectivity index (χ1) is 13.0. The number of halogens is 2. The van der Waals surface area contributed by atoms with E-state index in [0.29, 0.717) is 21.6 Å². The number of aromatic nitrogens is 2. The molecular weight excluding hydrogens is 369 g/mol. The molecule has 2 aromatic heterocycles. The molecule has 0 saturated carbocycles. The number of benzene rings is 2. The first-order valence-electron chi connectivity index (χ1n) is 8.15. The number of anilines is 1. The highest BCUT2D eigenvalue weighted by Gasteiger charge is 2.12. The summed E-state index contributed by atoms with van der Waals surface area (Å²) in [7, 11) is 0. The number of amides is 1. The number of nitrogens with zero attached hydrogens (tertiary/aromatic N) is 2. The fourth-order valence-electron chi connectivity index (χ4n) is 3.03. The molecule has 0 radical (unpaired) electrons. The Labute approximate surface area is 158 Å². The van der Waals surface area contributed by atoms with Gasteiger partial charge in [-0.15, -0.1) is 0 Å². The molecule has 5 nitrogen and oxygen atoms in total. The van der Waals surface area contributed by atoms with Crippen molar-refractivity contribution in [1.29, 1.82) is 0 Å². The van der Waals surface area contributed by atoms with Crippen molar-refractivity contribution < 1.29 is 9.18 Å². The summed E-state index contributed by atoms with van der Waals surface area (Å²) in [5, 5.41) is 4.26. The molecule has 0 saturated heterocycles. The molecule has 0 bridgehead atoms. The normalized spacial score (nSPS) is 11.0. The molecule has 0 aliphatic heterocycles. The molecule has 0 atom stereocenters. The van der Waals surface area contributed by atoms with E-state index in [1.165, 1.54) is 35.0 Å². The summed E-state index contributed by atoms with van der Waals surface area (Å²) < 4.78 is 15.7. The van der Waals surface area contributed by atoms with Crippen LogP contribution in [0, 0.1) is 5.82 Å². The second-order valence-corrected chi connectivity index (χ2v) is 6.45. The number of carbonyl (C=O) groups excluding carboxylic acids is 1. The number of hydrogen-bond donors (Lipinski definition) is 1. The minimum Gasteiger partial charge on any atom is -0.335 e. The van der Waals surface area contributed by atoms with Crippen molar-refractivity contribution in [3.8, 4) is 0 Å². The number of hydrogen-bond acceptors (Lipinski definition) is 3. The summed E-state index contributed by atoms with van der Waals surface area (Å²) >= 11 is 6.04. The van der Waals surface area contributed by atoms with Crippen LogP contribution >= 0.6 is 11.6 Å². The topological polar surface area (TPSA) is 64.0 Å². The molecule has 2 heterocycles. The fraction of sp³-hybridized carbons (Fsp3) is 0.0500. The maximum atomic E-state index is 14.2. The van der Waals surface area contributed by atoms with E-state index in [2.05, 4.69) is 10.3 Å². The van der Waals surface area contributed by atoms with Gasteiger partial charge in [-0.05, 0) is 36.4 Å². The lowest BCUT2D eigenvalue weighted by molar-refractivity contribution is -0.116. The second-order valence-electron chi connectivity index (χ2n) is 6.01. The van der Waals surface area contributed by atoms with Gasteiger partial charge in [0.25, 0.3) is 0 Å². The Morgan fingerprint density at radius 3 is 2.85 bits per heavy atom. The minimum atomic E-state index is -0.556. The van der Waals surface area contributed by atoms with Crippen molar-refractivity contribution in [2.75, 3.05) is 5.32 Å². The van der Waals surface area contributed by atoms with Crippen LogP contribution in [0.2, 0.25) is 5.02 Å². The van der Waals surface area contributed by atoms with Crippen LogP contribution in [0.5, 0.6) is 0 Å². The first kappa shape index (κ1) is 17.2. The molecular formula is C20H13ClFN3O2. The number of pyridine rings is 2. The Morgan fingerprint density at radius 2 is 2.00 bits per heavy atom. The van der Waals surface area contributed by atoms with E-state index in [9.17, 15) is 14.0 Å². The van der Waals surface area contributed by atoms with Crippen LogP contribution in [0.3, 0.4) is 0 Å². The SMILES string of the molecule is O=C(Cn1ccc(=O)c2cccc(F)c21)Nc1ccnc2ccc(Cl)cc12. The fourth-order valence-corrected chi connectivity index (χ4v) is 3.20. The lowest BCUT2D eigenvalue weighted by Crippen LogP contribution is -2.21. The molecule has 7 heteroatoms. The summed E-state index contributed by atoms with van der Waals surface area (Å²) in [5.41, 5.74) is 1.05. The zero-order valence-corrected chi connectivity index (χ0v) is 14.7. The number of nitrogens with one attached hydrogen (secondary N) is 1. The Morgan fingerprint density at radius 1 is 1.15 bits per heavy atom. The van der Waals surface area contributed by atoms with E-state index in [4.69, 9.17) is 11.6 Å². The third-order valence-corrected chi connectivity index (χ3v) is 4.47. The lowest BCUT2D eigenvalue weighted by atomic mass is 10.2. The maximum Gasteiger partial charge on any atom is 0.244 e. The van der Waals surface area contributed by atoms with E-state index in [1.54, 1.807) is 30.5 Å². The van der Waals surface area contributed by atoms with Gasteiger partial charge in [0.1, 0.15) is 12.4 Å². The van der Waals surface area contributed by atoms with Crippen molar-refractivity contribution in [1.82, 2.24) is 9.55 Å². The van der Waals surface area contributed by atoms with Gasteiger partial charge in [0.2, 0.25) is 5.91 Å². The van der Waals surface area contributed by atoms with Gasteiger partial charge in [0.15, 0.2) is 5.43 Å². The summed E-state index contributed by atoms with van der Waals surface area (Å²) in [6.45, 7) is -0.151. The number of rotatable bonds is 3. The second kappa shape index (κ2) is 6.81. The smallest absolute Gasteiger partial charge is 0.244 e. The summed E-state index contributed by atoms with van der Waals surface area (Å²) in [4.78, 5) is 28.7. The number of carbonyl (C=O) groups is 1. The summed E-state index contributed by atoms with van der Waals surface area (Å²) in [5.74, 6) is -0.921. The highest BCUT2D eigenvalue weighted by molar-refractivity contribution is 6.31. The third kappa shape index (κ3) is 3.27. The quantitative estimate of drug-likeness (QED) is 0.583. The third-order valence-electron chi connectivity index (χ3n) is 4.24. The van der Waals surface area contributed by atoms with Gasteiger partial charge in [-0.2, -0.15) is 0 Å². The van der Waals surface area contributed by atoms with Gasteiger partial charge < -0.3 is 9.88 Å². The molecule has 27 heavy (non-hydrogen) atoms. The Hall–Kier alpha value is -3.25. The zero-order valence-electron chi connectivity index (χ0n) is 13.9. The highest BCUT2D eigenvalue weighted by atomic mass is 35.5. The summed E-state index contributed by atoms with van der Waals surface area (Å²) in [6, 6.07) is 12.4. The molecule has 0 aliphatic carbocycles. The molecule has 4 aromatic rings. The van der Waals surface area contributed by atoms with Gasteiger partial charge in [-0.3, -0.25) is 14.6 Å². The molecule has 134 valence electrons. The van der Waals surface area contributed by atoms with Gasteiger partial charge in [-0.25, -0.2) is 4.39 Å². The van der Waals surface area contributed by atoms with Gasteiger partial charge in [0.05, 0.1) is 16.7 Å².